The summed E-state index contributed by atoms with van der Waals surface area (Å²) in [6.07, 6.45) is 7.21. The van der Waals surface area contributed by atoms with E-state index in [0.717, 1.165) is 11.2 Å². The van der Waals surface area contributed by atoms with Crippen molar-refractivity contribution in [3.63, 3.8) is 0 Å². The van der Waals surface area contributed by atoms with Crippen molar-refractivity contribution in [3.05, 3.63) is 0 Å². The van der Waals surface area contributed by atoms with Crippen LogP contribution in [-0.4, -0.2) is 49.6 Å². The molecule has 0 aromatic rings. The van der Waals surface area contributed by atoms with Crippen molar-refractivity contribution in [1.82, 2.24) is 10.2 Å². The number of aliphatic imine (C=N–C) groups is 1. The van der Waals surface area contributed by atoms with Gasteiger partial charge in [0.2, 0.25) is 0 Å². The van der Waals surface area contributed by atoms with E-state index in [1.54, 1.807) is 11.8 Å². The summed E-state index contributed by atoms with van der Waals surface area (Å²) in [5.74, 6) is 0. The van der Waals surface area contributed by atoms with Gasteiger partial charge in [-0.15, -0.1) is 0 Å². The summed E-state index contributed by atoms with van der Waals surface area (Å²) in [7, 11) is 6.21. The first-order chi connectivity index (χ1) is 7.17. The normalized spacial score (nSPS) is 28.2. The first-order valence-corrected chi connectivity index (χ1v) is 6.83. The molecule has 0 amide bonds. The average Bonchev–Trinajstić information content (AvgIpc) is 2.26. The largest absolute Gasteiger partial charge is 0.362 e. The molecule has 88 valence electrons. The SMILES string of the molecule is C/N=C(/N[C@H]1CC[C@H](N(C)C)CC1)SC. The Morgan fingerprint density at radius 3 is 2.27 bits per heavy atom. The lowest BCUT2D eigenvalue weighted by atomic mass is 9.91. The second-order valence-corrected chi connectivity index (χ2v) is 5.14. The molecule has 0 heterocycles. The van der Waals surface area contributed by atoms with Crippen LogP contribution in [0.25, 0.3) is 0 Å². The highest BCUT2D eigenvalue weighted by molar-refractivity contribution is 8.13. The fraction of sp³-hybridized carbons (Fsp3) is 0.909. The van der Waals surface area contributed by atoms with Crippen molar-refractivity contribution in [2.24, 2.45) is 4.99 Å². The van der Waals surface area contributed by atoms with Crippen LogP contribution in [0.15, 0.2) is 4.99 Å². The summed E-state index contributed by atoms with van der Waals surface area (Å²) in [6.45, 7) is 0. The van der Waals surface area contributed by atoms with E-state index in [-0.39, 0.29) is 0 Å². The van der Waals surface area contributed by atoms with Crippen molar-refractivity contribution >= 4 is 16.9 Å². The summed E-state index contributed by atoms with van der Waals surface area (Å²) < 4.78 is 0. The lowest BCUT2D eigenvalue weighted by Gasteiger charge is -2.33. The molecule has 1 aliphatic rings. The van der Waals surface area contributed by atoms with Crippen LogP contribution >= 0.6 is 11.8 Å². The third-order valence-electron chi connectivity index (χ3n) is 3.15. The van der Waals surface area contributed by atoms with Crippen LogP contribution in [0.1, 0.15) is 25.7 Å². The first-order valence-electron chi connectivity index (χ1n) is 5.61. The highest BCUT2D eigenvalue weighted by Gasteiger charge is 2.22. The minimum absolute atomic E-state index is 0.632. The van der Waals surface area contributed by atoms with Crippen LogP contribution in [0.4, 0.5) is 0 Å². The van der Waals surface area contributed by atoms with E-state index in [1.807, 2.05) is 7.05 Å². The number of hydrogen-bond donors (Lipinski definition) is 1. The Hall–Kier alpha value is -0.220. The van der Waals surface area contributed by atoms with Gasteiger partial charge in [-0.2, -0.15) is 0 Å². The molecule has 0 unspecified atom stereocenters. The molecule has 0 aromatic carbocycles. The second kappa shape index (κ2) is 6.38. The van der Waals surface area contributed by atoms with Crippen LogP contribution in [-0.2, 0) is 0 Å². The summed E-state index contributed by atoms with van der Waals surface area (Å²) in [6, 6.07) is 1.41. The lowest BCUT2D eigenvalue weighted by Crippen LogP contribution is -2.41. The fourth-order valence-corrected chi connectivity index (χ4v) is 2.59. The monoisotopic (exact) mass is 229 g/mol. The molecule has 1 aliphatic carbocycles. The number of nitrogens with zero attached hydrogens (tertiary/aromatic N) is 2. The van der Waals surface area contributed by atoms with Gasteiger partial charge in [0.05, 0.1) is 0 Å². The molecule has 0 saturated heterocycles. The maximum Gasteiger partial charge on any atom is 0.156 e. The summed E-state index contributed by atoms with van der Waals surface area (Å²) in [5, 5.41) is 4.58. The van der Waals surface area contributed by atoms with Crippen LogP contribution in [0.2, 0.25) is 0 Å². The zero-order valence-electron chi connectivity index (χ0n) is 10.3. The Balaban J connectivity index is 2.31. The van der Waals surface area contributed by atoms with E-state index in [1.165, 1.54) is 25.7 Å². The molecule has 1 fully saturated rings. The van der Waals surface area contributed by atoms with E-state index < -0.39 is 0 Å². The molecular formula is C11H23N3S. The second-order valence-electron chi connectivity index (χ2n) is 4.35. The van der Waals surface area contributed by atoms with E-state index in [0.29, 0.717) is 6.04 Å². The molecule has 0 radical (unpaired) electrons. The summed E-state index contributed by atoms with van der Waals surface area (Å²) in [4.78, 5) is 6.56. The number of rotatable bonds is 2. The fourth-order valence-electron chi connectivity index (χ4n) is 2.13. The maximum absolute atomic E-state index is 4.21. The Kier molecular flexibility index (Phi) is 5.47. The molecule has 1 N–H and O–H groups in total. The lowest BCUT2D eigenvalue weighted by molar-refractivity contribution is 0.212. The van der Waals surface area contributed by atoms with Crippen molar-refractivity contribution in [2.45, 2.75) is 37.8 Å². The van der Waals surface area contributed by atoms with Crippen molar-refractivity contribution < 1.29 is 0 Å². The van der Waals surface area contributed by atoms with E-state index in [2.05, 4.69) is 35.6 Å². The van der Waals surface area contributed by atoms with Gasteiger partial charge in [-0.05, 0) is 46.0 Å². The van der Waals surface area contributed by atoms with Crippen LogP contribution in [0, 0.1) is 0 Å². The van der Waals surface area contributed by atoms with Crippen LogP contribution in [0.3, 0.4) is 0 Å². The average molecular weight is 229 g/mol. The highest BCUT2D eigenvalue weighted by Crippen LogP contribution is 2.21. The van der Waals surface area contributed by atoms with Gasteiger partial charge in [-0.3, -0.25) is 4.99 Å². The quantitative estimate of drug-likeness (QED) is 0.578. The zero-order chi connectivity index (χ0) is 11.3. The molecule has 4 heteroatoms. The molecule has 0 spiro atoms. The van der Waals surface area contributed by atoms with Crippen LogP contribution < -0.4 is 5.32 Å². The van der Waals surface area contributed by atoms with Gasteiger partial charge in [0.25, 0.3) is 0 Å². The Morgan fingerprint density at radius 2 is 1.87 bits per heavy atom. The summed E-state index contributed by atoms with van der Waals surface area (Å²) in [5.41, 5.74) is 0. The molecule has 0 bridgehead atoms. The minimum Gasteiger partial charge on any atom is -0.362 e. The van der Waals surface area contributed by atoms with Gasteiger partial charge in [-0.1, -0.05) is 11.8 Å². The Morgan fingerprint density at radius 1 is 1.27 bits per heavy atom. The standard InChI is InChI=1S/C11H23N3S/c1-12-11(15-4)13-9-5-7-10(8-6-9)14(2)3/h9-10H,5-8H2,1-4H3,(H,12,13)/t9-,10-. The number of nitrogens with one attached hydrogen (secondary N) is 1. The van der Waals surface area contributed by atoms with E-state index >= 15 is 0 Å². The predicted molar refractivity (Wildman–Crippen MR) is 69.7 cm³/mol. The third kappa shape index (κ3) is 4.03. The van der Waals surface area contributed by atoms with Gasteiger partial charge < -0.3 is 10.2 Å². The van der Waals surface area contributed by atoms with Gasteiger partial charge in [0, 0.05) is 19.1 Å². The van der Waals surface area contributed by atoms with Gasteiger partial charge in [0.15, 0.2) is 5.17 Å². The number of hydrogen-bond acceptors (Lipinski definition) is 3. The summed E-state index contributed by atoms with van der Waals surface area (Å²) >= 11 is 1.70. The molecule has 15 heavy (non-hydrogen) atoms. The van der Waals surface area contributed by atoms with Crippen molar-refractivity contribution in [2.75, 3.05) is 27.4 Å². The van der Waals surface area contributed by atoms with Crippen molar-refractivity contribution in [1.29, 1.82) is 0 Å². The van der Waals surface area contributed by atoms with Gasteiger partial charge in [0.1, 0.15) is 0 Å². The molecular weight excluding hydrogens is 206 g/mol. The van der Waals surface area contributed by atoms with E-state index in [9.17, 15) is 0 Å². The Labute approximate surface area is 97.7 Å². The molecule has 0 atom stereocenters. The number of thioether (sulfide) groups is 1. The van der Waals surface area contributed by atoms with Gasteiger partial charge >= 0.3 is 0 Å². The van der Waals surface area contributed by atoms with Gasteiger partial charge in [-0.25, -0.2) is 0 Å². The van der Waals surface area contributed by atoms with Crippen molar-refractivity contribution in [3.8, 4) is 0 Å². The topological polar surface area (TPSA) is 27.6 Å². The Bertz CT molecular complexity index is 208. The molecule has 1 saturated carbocycles. The first kappa shape index (κ1) is 12.8. The smallest absolute Gasteiger partial charge is 0.156 e. The number of amidine groups is 1. The van der Waals surface area contributed by atoms with E-state index in [4.69, 9.17) is 0 Å². The van der Waals surface area contributed by atoms with Crippen LogP contribution in [0.5, 0.6) is 0 Å². The zero-order valence-corrected chi connectivity index (χ0v) is 11.1. The minimum atomic E-state index is 0.632. The predicted octanol–water partition coefficient (Wildman–Crippen LogP) is 1.80. The molecule has 0 aliphatic heterocycles. The maximum atomic E-state index is 4.21. The molecule has 3 nitrogen and oxygen atoms in total. The third-order valence-corrected chi connectivity index (χ3v) is 3.84. The highest BCUT2D eigenvalue weighted by atomic mass is 32.2. The molecule has 0 aromatic heterocycles. The molecule has 1 rings (SSSR count).